The average Bonchev–Trinajstić information content (AvgIpc) is 2.20. The minimum Gasteiger partial charge on any atom is -0.368 e. The van der Waals surface area contributed by atoms with Crippen LogP contribution in [0.25, 0.3) is 0 Å². The molecule has 1 heterocycles. The van der Waals surface area contributed by atoms with Gasteiger partial charge in [0.05, 0.1) is 6.20 Å². The van der Waals surface area contributed by atoms with Crippen LogP contribution in [0.5, 0.6) is 0 Å². The van der Waals surface area contributed by atoms with Crippen molar-refractivity contribution in [3.8, 4) is 0 Å². The highest BCUT2D eigenvalue weighted by Crippen LogP contribution is 2.29. The van der Waals surface area contributed by atoms with Crippen molar-refractivity contribution in [1.82, 2.24) is 9.97 Å². The Morgan fingerprint density at radius 2 is 2.13 bits per heavy atom. The minimum atomic E-state index is -0.00949. The molecule has 0 aromatic carbocycles. The third kappa shape index (κ3) is 2.50. The van der Waals surface area contributed by atoms with Crippen LogP contribution in [-0.4, -0.2) is 22.6 Å². The summed E-state index contributed by atoms with van der Waals surface area (Å²) in [6.45, 7) is 6.37. The van der Waals surface area contributed by atoms with E-state index in [1.807, 2.05) is 11.9 Å². The SMILES string of the molecule is CCC(C)(C)N(C)c1nc(N)ncc1Cl. The number of anilines is 2. The zero-order valence-electron chi connectivity index (χ0n) is 9.58. The Bertz CT molecular complexity index is 351. The smallest absolute Gasteiger partial charge is 0.222 e. The van der Waals surface area contributed by atoms with Crippen LogP contribution in [-0.2, 0) is 0 Å². The van der Waals surface area contributed by atoms with Crippen LogP contribution in [0, 0.1) is 0 Å². The van der Waals surface area contributed by atoms with Gasteiger partial charge in [-0.2, -0.15) is 4.98 Å². The number of nitrogens with two attached hydrogens (primary N) is 1. The third-order valence-electron chi connectivity index (χ3n) is 2.84. The molecule has 0 spiro atoms. The molecule has 0 saturated heterocycles. The second kappa shape index (κ2) is 4.23. The molecule has 84 valence electrons. The molecule has 0 saturated carbocycles. The molecule has 1 rings (SSSR count). The van der Waals surface area contributed by atoms with Gasteiger partial charge in [-0.1, -0.05) is 18.5 Å². The first-order valence-electron chi connectivity index (χ1n) is 4.90. The van der Waals surface area contributed by atoms with Crippen LogP contribution in [0.3, 0.4) is 0 Å². The second-order valence-electron chi connectivity index (χ2n) is 4.12. The highest BCUT2D eigenvalue weighted by molar-refractivity contribution is 6.32. The lowest BCUT2D eigenvalue weighted by molar-refractivity contribution is 0.467. The van der Waals surface area contributed by atoms with Crippen molar-refractivity contribution in [1.29, 1.82) is 0 Å². The van der Waals surface area contributed by atoms with E-state index in [1.54, 1.807) is 0 Å². The molecule has 0 bridgehead atoms. The standard InChI is InChI=1S/C10H17ClN4/c1-5-10(2,3)15(4)8-7(11)6-13-9(12)14-8/h6H,5H2,1-4H3,(H2,12,13,14). The zero-order valence-corrected chi connectivity index (χ0v) is 10.3. The Morgan fingerprint density at radius 1 is 1.53 bits per heavy atom. The molecule has 4 nitrogen and oxygen atoms in total. The predicted molar refractivity (Wildman–Crippen MR) is 64.2 cm³/mol. The summed E-state index contributed by atoms with van der Waals surface area (Å²) < 4.78 is 0. The molecule has 1 aromatic heterocycles. The molecule has 0 aliphatic heterocycles. The van der Waals surface area contributed by atoms with E-state index in [4.69, 9.17) is 17.3 Å². The molecule has 5 heteroatoms. The summed E-state index contributed by atoms with van der Waals surface area (Å²) in [4.78, 5) is 10.0. The fraction of sp³-hybridized carbons (Fsp3) is 0.600. The van der Waals surface area contributed by atoms with Gasteiger partial charge < -0.3 is 10.6 Å². The zero-order chi connectivity index (χ0) is 11.6. The molecule has 0 aliphatic rings. The highest BCUT2D eigenvalue weighted by atomic mass is 35.5. The van der Waals surface area contributed by atoms with Crippen molar-refractivity contribution < 1.29 is 0 Å². The fourth-order valence-corrected chi connectivity index (χ4v) is 1.35. The van der Waals surface area contributed by atoms with E-state index in [9.17, 15) is 0 Å². The lowest BCUT2D eigenvalue weighted by atomic mass is 10.0. The minimum absolute atomic E-state index is 0.00949. The van der Waals surface area contributed by atoms with Crippen LogP contribution < -0.4 is 10.6 Å². The Balaban J connectivity index is 3.10. The normalized spacial score (nSPS) is 11.5. The summed E-state index contributed by atoms with van der Waals surface area (Å²) in [6, 6.07) is 0. The lowest BCUT2D eigenvalue weighted by Crippen LogP contribution is -2.41. The molecular formula is C10H17ClN4. The van der Waals surface area contributed by atoms with E-state index in [0.29, 0.717) is 10.8 Å². The van der Waals surface area contributed by atoms with Crippen molar-refractivity contribution in [2.24, 2.45) is 0 Å². The van der Waals surface area contributed by atoms with Gasteiger partial charge in [-0.15, -0.1) is 0 Å². The monoisotopic (exact) mass is 228 g/mol. The van der Waals surface area contributed by atoms with E-state index in [-0.39, 0.29) is 11.5 Å². The van der Waals surface area contributed by atoms with E-state index >= 15 is 0 Å². The highest BCUT2D eigenvalue weighted by Gasteiger charge is 2.24. The van der Waals surface area contributed by atoms with E-state index < -0.39 is 0 Å². The summed E-state index contributed by atoms with van der Waals surface area (Å²) in [6.07, 6.45) is 2.52. The number of nitrogen functional groups attached to an aromatic ring is 1. The van der Waals surface area contributed by atoms with Crippen molar-refractivity contribution >= 4 is 23.4 Å². The maximum absolute atomic E-state index is 6.03. The Kier molecular flexibility index (Phi) is 3.39. The molecule has 0 aliphatic carbocycles. The van der Waals surface area contributed by atoms with Crippen LogP contribution in [0.4, 0.5) is 11.8 Å². The van der Waals surface area contributed by atoms with Gasteiger partial charge in [0, 0.05) is 12.6 Å². The van der Waals surface area contributed by atoms with Crippen molar-refractivity contribution in [2.75, 3.05) is 17.7 Å². The summed E-state index contributed by atoms with van der Waals surface area (Å²) in [5.74, 6) is 0.921. The molecule has 2 N–H and O–H groups in total. The Hall–Kier alpha value is -1.03. The van der Waals surface area contributed by atoms with Crippen molar-refractivity contribution in [2.45, 2.75) is 32.7 Å². The van der Waals surface area contributed by atoms with Gasteiger partial charge in [-0.05, 0) is 20.3 Å². The number of hydrogen-bond donors (Lipinski definition) is 1. The Labute approximate surface area is 95.5 Å². The third-order valence-corrected chi connectivity index (χ3v) is 3.10. The molecule has 0 atom stereocenters. The maximum atomic E-state index is 6.03. The fourth-order valence-electron chi connectivity index (χ4n) is 1.13. The summed E-state index contributed by atoms with van der Waals surface area (Å²) in [5.41, 5.74) is 5.53. The first-order chi connectivity index (χ1) is 6.88. The van der Waals surface area contributed by atoms with Gasteiger partial charge in [-0.3, -0.25) is 0 Å². The van der Waals surface area contributed by atoms with Crippen LogP contribution in [0.1, 0.15) is 27.2 Å². The lowest BCUT2D eigenvalue weighted by Gasteiger charge is -2.36. The van der Waals surface area contributed by atoms with Gasteiger partial charge in [-0.25, -0.2) is 4.98 Å². The maximum Gasteiger partial charge on any atom is 0.222 e. The van der Waals surface area contributed by atoms with Gasteiger partial charge >= 0.3 is 0 Å². The quantitative estimate of drug-likeness (QED) is 0.863. The van der Waals surface area contributed by atoms with E-state index in [0.717, 1.165) is 6.42 Å². The molecule has 1 aromatic rings. The van der Waals surface area contributed by atoms with Gasteiger partial charge in [0.1, 0.15) is 5.02 Å². The molecule has 0 unspecified atom stereocenters. The second-order valence-corrected chi connectivity index (χ2v) is 4.53. The molecule has 0 fully saturated rings. The summed E-state index contributed by atoms with van der Waals surface area (Å²) >= 11 is 6.03. The van der Waals surface area contributed by atoms with E-state index in [1.165, 1.54) is 6.20 Å². The number of aromatic nitrogens is 2. The molecule has 0 radical (unpaired) electrons. The number of halogens is 1. The van der Waals surface area contributed by atoms with Crippen LogP contribution in [0.15, 0.2) is 6.20 Å². The van der Waals surface area contributed by atoms with Crippen LogP contribution >= 0.6 is 11.6 Å². The van der Waals surface area contributed by atoms with Crippen molar-refractivity contribution in [3.63, 3.8) is 0 Å². The predicted octanol–water partition coefficient (Wildman–Crippen LogP) is 2.34. The molecular weight excluding hydrogens is 212 g/mol. The van der Waals surface area contributed by atoms with Gasteiger partial charge in [0.15, 0.2) is 5.82 Å². The first-order valence-corrected chi connectivity index (χ1v) is 5.28. The average molecular weight is 229 g/mol. The summed E-state index contributed by atoms with van der Waals surface area (Å²) in [5, 5.41) is 0.522. The number of rotatable bonds is 3. The number of hydrogen-bond acceptors (Lipinski definition) is 4. The number of nitrogens with zero attached hydrogens (tertiary/aromatic N) is 3. The molecule has 0 amide bonds. The van der Waals surface area contributed by atoms with Crippen molar-refractivity contribution in [3.05, 3.63) is 11.2 Å². The van der Waals surface area contributed by atoms with Gasteiger partial charge in [0.2, 0.25) is 5.95 Å². The van der Waals surface area contributed by atoms with Crippen LogP contribution in [0.2, 0.25) is 5.02 Å². The topological polar surface area (TPSA) is 55.0 Å². The molecule has 15 heavy (non-hydrogen) atoms. The first kappa shape index (κ1) is 12.0. The summed E-state index contributed by atoms with van der Waals surface area (Å²) in [7, 11) is 1.96. The van der Waals surface area contributed by atoms with E-state index in [2.05, 4.69) is 30.7 Å². The van der Waals surface area contributed by atoms with Gasteiger partial charge in [0.25, 0.3) is 0 Å². The largest absolute Gasteiger partial charge is 0.368 e. The Morgan fingerprint density at radius 3 is 2.67 bits per heavy atom.